The molecule has 0 saturated heterocycles. The molecule has 1 aliphatic carbocycles. The quantitative estimate of drug-likeness (QED) is 0.389. The Kier molecular flexibility index (Phi) is 1.99. The first-order valence-electron chi connectivity index (χ1n) is 4.04. The van der Waals surface area contributed by atoms with E-state index in [4.69, 9.17) is 5.11 Å². The first-order chi connectivity index (χ1) is 6.52. The summed E-state index contributed by atoms with van der Waals surface area (Å²) in [5.41, 5.74) is -0.511. The van der Waals surface area contributed by atoms with Gasteiger partial charge in [0.1, 0.15) is 0 Å². The first-order valence-corrected chi connectivity index (χ1v) is 4.04. The topological polar surface area (TPSA) is 20.2 Å². The number of halogens is 4. The molecule has 0 aliphatic heterocycles. The monoisotopic (exact) mass is 206 g/mol. The number of rotatable bonds is 0. The Morgan fingerprint density at radius 1 is 0.786 bits per heavy atom. The summed E-state index contributed by atoms with van der Waals surface area (Å²) in [6, 6.07) is 0. The van der Waals surface area contributed by atoms with Gasteiger partial charge in [0.2, 0.25) is 0 Å². The minimum Gasteiger partial charge on any atom is -0.392 e. The van der Waals surface area contributed by atoms with Crippen LogP contribution in [-0.2, 0) is 12.8 Å². The van der Waals surface area contributed by atoms with E-state index in [9.17, 15) is 17.6 Å². The highest BCUT2D eigenvalue weighted by atomic mass is 19.2. The lowest BCUT2D eigenvalue weighted by atomic mass is 10.1. The third kappa shape index (κ3) is 1.12. The van der Waals surface area contributed by atoms with Crippen LogP contribution in [0.15, 0.2) is 0 Å². The van der Waals surface area contributed by atoms with E-state index in [0.29, 0.717) is 0 Å². The molecule has 0 saturated carbocycles. The van der Waals surface area contributed by atoms with E-state index in [1.165, 1.54) is 0 Å². The number of fused-ring (bicyclic) bond motifs is 1. The summed E-state index contributed by atoms with van der Waals surface area (Å²) < 4.78 is 51.5. The van der Waals surface area contributed by atoms with Crippen molar-refractivity contribution in [1.82, 2.24) is 0 Å². The number of aliphatic hydroxyl groups excluding tert-OH is 1. The molecule has 0 amide bonds. The summed E-state index contributed by atoms with van der Waals surface area (Å²) in [4.78, 5) is 0. The van der Waals surface area contributed by atoms with Gasteiger partial charge in [-0.1, -0.05) is 0 Å². The van der Waals surface area contributed by atoms with Crippen molar-refractivity contribution >= 4 is 0 Å². The van der Waals surface area contributed by atoms with Crippen molar-refractivity contribution in [3.63, 3.8) is 0 Å². The number of hydrogen-bond donors (Lipinski definition) is 1. The smallest absolute Gasteiger partial charge is 0.197 e. The van der Waals surface area contributed by atoms with Crippen LogP contribution >= 0.6 is 0 Å². The van der Waals surface area contributed by atoms with Gasteiger partial charge < -0.3 is 5.11 Å². The molecule has 0 bridgehead atoms. The molecule has 0 heterocycles. The van der Waals surface area contributed by atoms with Crippen molar-refractivity contribution in [3.05, 3.63) is 34.4 Å². The predicted octanol–water partition coefficient (Wildman–Crippen LogP) is 1.70. The van der Waals surface area contributed by atoms with Crippen LogP contribution in [-0.4, -0.2) is 11.2 Å². The molecule has 1 aliphatic rings. The molecule has 0 radical (unpaired) electrons. The van der Waals surface area contributed by atoms with Crippen LogP contribution in [0.4, 0.5) is 17.6 Å². The van der Waals surface area contributed by atoms with Gasteiger partial charge in [-0.2, -0.15) is 0 Å². The van der Waals surface area contributed by atoms with Gasteiger partial charge in [-0.05, 0) is 11.1 Å². The Labute approximate surface area is 77.0 Å². The summed E-state index contributed by atoms with van der Waals surface area (Å²) >= 11 is 0. The van der Waals surface area contributed by atoms with Crippen LogP contribution in [0.3, 0.4) is 0 Å². The third-order valence-corrected chi connectivity index (χ3v) is 2.35. The second-order valence-corrected chi connectivity index (χ2v) is 3.28. The number of hydrogen-bond acceptors (Lipinski definition) is 1. The molecule has 0 unspecified atom stereocenters. The highest BCUT2D eigenvalue weighted by molar-refractivity contribution is 5.36. The molecule has 1 aromatic rings. The van der Waals surface area contributed by atoms with Crippen LogP contribution < -0.4 is 0 Å². The largest absolute Gasteiger partial charge is 0.392 e. The SMILES string of the molecule is OC1Cc2c(F)c(F)c(F)c(F)c2C1. The molecule has 2 rings (SSSR count). The zero-order valence-corrected chi connectivity index (χ0v) is 6.95. The zero-order valence-electron chi connectivity index (χ0n) is 6.95. The molecule has 0 fully saturated rings. The lowest BCUT2D eigenvalue weighted by Crippen LogP contribution is -2.04. The maximum Gasteiger partial charge on any atom is 0.197 e. The van der Waals surface area contributed by atoms with Gasteiger partial charge in [-0.15, -0.1) is 0 Å². The lowest BCUT2D eigenvalue weighted by Gasteiger charge is -2.04. The van der Waals surface area contributed by atoms with Crippen molar-refractivity contribution in [1.29, 1.82) is 0 Å². The molecular weight excluding hydrogens is 200 g/mol. The van der Waals surface area contributed by atoms with E-state index < -0.39 is 29.4 Å². The second kappa shape index (κ2) is 2.95. The molecule has 76 valence electrons. The van der Waals surface area contributed by atoms with Gasteiger partial charge in [0, 0.05) is 12.8 Å². The van der Waals surface area contributed by atoms with Crippen molar-refractivity contribution in [2.45, 2.75) is 18.9 Å². The summed E-state index contributed by atoms with van der Waals surface area (Å²) in [5.74, 6) is -6.41. The molecule has 1 nitrogen and oxygen atoms in total. The van der Waals surface area contributed by atoms with Gasteiger partial charge in [-0.3, -0.25) is 0 Å². The molecule has 1 aromatic carbocycles. The van der Waals surface area contributed by atoms with E-state index in [1.807, 2.05) is 0 Å². The van der Waals surface area contributed by atoms with Crippen LogP contribution in [0.1, 0.15) is 11.1 Å². The van der Waals surface area contributed by atoms with Gasteiger partial charge in [0.15, 0.2) is 23.3 Å². The Morgan fingerprint density at radius 2 is 1.14 bits per heavy atom. The van der Waals surface area contributed by atoms with Crippen LogP contribution in [0, 0.1) is 23.3 Å². The second-order valence-electron chi connectivity index (χ2n) is 3.28. The molecule has 1 N–H and O–H groups in total. The van der Waals surface area contributed by atoms with E-state index in [1.54, 1.807) is 0 Å². The van der Waals surface area contributed by atoms with Crippen LogP contribution in [0.5, 0.6) is 0 Å². The van der Waals surface area contributed by atoms with E-state index in [2.05, 4.69) is 0 Å². The van der Waals surface area contributed by atoms with Crippen molar-refractivity contribution in [2.75, 3.05) is 0 Å². The van der Waals surface area contributed by atoms with E-state index in [-0.39, 0.29) is 24.0 Å². The minimum atomic E-state index is -1.81. The average Bonchev–Trinajstić information content (AvgIpc) is 2.54. The summed E-state index contributed by atoms with van der Waals surface area (Å²) in [5, 5.41) is 9.10. The third-order valence-electron chi connectivity index (χ3n) is 2.35. The normalized spacial score (nSPS) is 16.1. The van der Waals surface area contributed by atoms with Gasteiger partial charge in [-0.25, -0.2) is 17.6 Å². The average molecular weight is 206 g/mol. The lowest BCUT2D eigenvalue weighted by molar-refractivity contribution is 0.185. The fourth-order valence-corrected chi connectivity index (χ4v) is 1.69. The van der Waals surface area contributed by atoms with Crippen molar-refractivity contribution < 1.29 is 22.7 Å². The number of benzene rings is 1. The molecule has 14 heavy (non-hydrogen) atoms. The maximum absolute atomic E-state index is 13.0. The van der Waals surface area contributed by atoms with Crippen LogP contribution in [0.2, 0.25) is 0 Å². The molecule has 0 atom stereocenters. The summed E-state index contributed by atoms with van der Waals surface area (Å²) in [6.45, 7) is 0. The van der Waals surface area contributed by atoms with E-state index >= 15 is 0 Å². The highest BCUT2D eigenvalue weighted by Crippen LogP contribution is 2.30. The Balaban J connectivity index is 2.70. The summed E-state index contributed by atoms with van der Waals surface area (Å²) in [6.07, 6.45) is -1.31. The Bertz CT molecular complexity index is 366. The predicted molar refractivity (Wildman–Crippen MR) is 39.7 cm³/mol. The fraction of sp³-hybridized carbons (Fsp3) is 0.333. The standard InChI is InChI=1S/C9H6F4O/c10-6-4-1-3(14)2-5(4)7(11)9(13)8(6)12/h3,14H,1-2H2. The Hall–Kier alpha value is -1.10. The van der Waals surface area contributed by atoms with Crippen LogP contribution in [0.25, 0.3) is 0 Å². The maximum atomic E-state index is 13.0. The van der Waals surface area contributed by atoms with Gasteiger partial charge in [0.05, 0.1) is 6.10 Å². The van der Waals surface area contributed by atoms with Crippen molar-refractivity contribution in [2.24, 2.45) is 0 Å². The molecule has 0 aromatic heterocycles. The molecule has 5 heteroatoms. The first kappa shape index (κ1) is 9.45. The highest BCUT2D eigenvalue weighted by Gasteiger charge is 2.31. The zero-order chi connectivity index (χ0) is 10.5. The van der Waals surface area contributed by atoms with Gasteiger partial charge >= 0.3 is 0 Å². The van der Waals surface area contributed by atoms with Gasteiger partial charge in [0.25, 0.3) is 0 Å². The summed E-state index contributed by atoms with van der Waals surface area (Å²) in [7, 11) is 0. The molecule has 0 spiro atoms. The van der Waals surface area contributed by atoms with Crippen molar-refractivity contribution in [3.8, 4) is 0 Å². The molecular formula is C9H6F4O. The minimum absolute atomic E-state index is 0.171. The fourth-order valence-electron chi connectivity index (χ4n) is 1.69. The number of aliphatic hydroxyl groups is 1. The Morgan fingerprint density at radius 3 is 1.50 bits per heavy atom. The van der Waals surface area contributed by atoms with E-state index in [0.717, 1.165) is 0 Å².